The molecule has 0 spiro atoms. The molecule has 5 nitrogen and oxygen atoms in total. The molecule has 0 saturated heterocycles. The highest BCUT2D eigenvalue weighted by molar-refractivity contribution is 5.84. The van der Waals surface area contributed by atoms with Crippen LogP contribution in [0.1, 0.15) is 13.8 Å². The Balaban J connectivity index is 2.78. The van der Waals surface area contributed by atoms with Crippen molar-refractivity contribution >= 4 is 23.0 Å². The molecule has 1 aromatic heterocycles. The molecular weight excluding hydrogens is 206 g/mol. The second-order valence-corrected chi connectivity index (χ2v) is 4.16. The minimum absolute atomic E-state index is 0.216. The number of nitrogens with two attached hydrogens (primary N) is 1. The van der Waals surface area contributed by atoms with Crippen LogP contribution in [0.5, 0.6) is 0 Å². The quantitative estimate of drug-likeness (QED) is 0.800. The molecular formula is C11H13N3O2. The molecule has 2 rings (SSSR count). The highest BCUT2D eigenvalue weighted by Gasteiger charge is 2.32. The number of carbonyl (C=O) groups is 1. The molecule has 84 valence electrons. The number of carboxylic acids is 1. The molecule has 0 unspecified atom stereocenters. The van der Waals surface area contributed by atoms with Crippen LogP contribution in [-0.2, 0) is 10.3 Å². The summed E-state index contributed by atoms with van der Waals surface area (Å²) in [7, 11) is 0. The standard InChI is InChI=1S/C11H13N3O2/c1-11(2,9(15)16)14-8-6-4-3-5-7(8)13-10(14)12/h3-6H,1-2H3,(H2,12,13)(H,15,16). The van der Waals surface area contributed by atoms with E-state index in [1.54, 1.807) is 19.9 Å². The van der Waals surface area contributed by atoms with Crippen LogP contribution in [0.3, 0.4) is 0 Å². The first-order valence-electron chi connectivity index (χ1n) is 4.91. The minimum Gasteiger partial charge on any atom is -0.480 e. The largest absolute Gasteiger partial charge is 0.480 e. The van der Waals surface area contributed by atoms with Crippen LogP contribution >= 0.6 is 0 Å². The first-order chi connectivity index (χ1) is 7.44. The molecule has 1 aromatic carbocycles. The molecule has 0 fully saturated rings. The van der Waals surface area contributed by atoms with Gasteiger partial charge in [0.15, 0.2) is 0 Å². The number of nitrogen functional groups attached to an aromatic ring is 1. The molecule has 0 bridgehead atoms. The lowest BCUT2D eigenvalue weighted by molar-refractivity contribution is -0.145. The van der Waals surface area contributed by atoms with E-state index < -0.39 is 11.5 Å². The highest BCUT2D eigenvalue weighted by Crippen LogP contribution is 2.26. The summed E-state index contributed by atoms with van der Waals surface area (Å²) in [4.78, 5) is 15.4. The fraction of sp³-hybridized carbons (Fsp3) is 0.273. The van der Waals surface area contributed by atoms with Gasteiger partial charge in [-0.25, -0.2) is 9.78 Å². The first-order valence-corrected chi connectivity index (χ1v) is 4.91. The van der Waals surface area contributed by atoms with Gasteiger partial charge < -0.3 is 10.8 Å². The first kappa shape index (κ1) is 10.5. The summed E-state index contributed by atoms with van der Waals surface area (Å²) in [5, 5.41) is 9.19. The Kier molecular flexibility index (Phi) is 2.11. The fourth-order valence-corrected chi connectivity index (χ4v) is 1.73. The normalized spacial score (nSPS) is 11.9. The molecule has 16 heavy (non-hydrogen) atoms. The van der Waals surface area contributed by atoms with Crippen molar-refractivity contribution in [3.05, 3.63) is 24.3 Å². The van der Waals surface area contributed by atoms with Gasteiger partial charge in [0, 0.05) is 0 Å². The molecule has 1 heterocycles. The van der Waals surface area contributed by atoms with E-state index in [9.17, 15) is 9.90 Å². The minimum atomic E-state index is -1.11. The number of imidazole rings is 1. The maximum atomic E-state index is 11.2. The summed E-state index contributed by atoms with van der Waals surface area (Å²) in [6.45, 7) is 3.19. The number of rotatable bonds is 2. The van der Waals surface area contributed by atoms with Gasteiger partial charge in [0.25, 0.3) is 0 Å². The Bertz CT molecular complexity index is 557. The second-order valence-electron chi connectivity index (χ2n) is 4.16. The van der Waals surface area contributed by atoms with E-state index in [0.29, 0.717) is 5.52 Å². The van der Waals surface area contributed by atoms with Crippen molar-refractivity contribution in [3.63, 3.8) is 0 Å². The maximum absolute atomic E-state index is 11.2. The van der Waals surface area contributed by atoms with Crippen molar-refractivity contribution < 1.29 is 9.90 Å². The number of aromatic nitrogens is 2. The molecule has 0 aliphatic heterocycles. The molecule has 2 aromatic rings. The van der Waals surface area contributed by atoms with Gasteiger partial charge in [0.2, 0.25) is 5.95 Å². The summed E-state index contributed by atoms with van der Waals surface area (Å²) in [6.07, 6.45) is 0. The van der Waals surface area contributed by atoms with Crippen LogP contribution < -0.4 is 5.73 Å². The smallest absolute Gasteiger partial charge is 0.329 e. The second kappa shape index (κ2) is 3.23. The molecule has 0 saturated carbocycles. The van der Waals surface area contributed by atoms with Crippen molar-refractivity contribution in [1.29, 1.82) is 0 Å². The van der Waals surface area contributed by atoms with Gasteiger partial charge in [-0.05, 0) is 26.0 Å². The molecule has 0 amide bonds. The Labute approximate surface area is 92.5 Å². The SMILES string of the molecule is CC(C)(C(=O)O)n1c(N)nc2ccccc21. The zero-order chi connectivity index (χ0) is 11.9. The van der Waals surface area contributed by atoms with Crippen LogP contribution in [0.25, 0.3) is 11.0 Å². The van der Waals surface area contributed by atoms with Crippen molar-refractivity contribution in [2.24, 2.45) is 0 Å². The number of fused-ring (bicyclic) bond motifs is 1. The van der Waals surface area contributed by atoms with E-state index in [2.05, 4.69) is 4.98 Å². The van der Waals surface area contributed by atoms with E-state index in [4.69, 9.17) is 5.73 Å². The monoisotopic (exact) mass is 219 g/mol. The van der Waals surface area contributed by atoms with E-state index >= 15 is 0 Å². The van der Waals surface area contributed by atoms with Gasteiger partial charge in [0.1, 0.15) is 5.54 Å². The van der Waals surface area contributed by atoms with Crippen molar-refractivity contribution in [2.45, 2.75) is 19.4 Å². The Morgan fingerprint density at radius 2 is 2.06 bits per heavy atom. The summed E-state index contributed by atoms with van der Waals surface area (Å²) in [5.41, 5.74) is 6.09. The third-order valence-electron chi connectivity index (χ3n) is 2.67. The topological polar surface area (TPSA) is 81.1 Å². The number of aliphatic carboxylic acids is 1. The van der Waals surface area contributed by atoms with Crippen LogP contribution in [-0.4, -0.2) is 20.6 Å². The van der Waals surface area contributed by atoms with Gasteiger partial charge in [-0.2, -0.15) is 0 Å². The number of hydrogen-bond acceptors (Lipinski definition) is 3. The van der Waals surface area contributed by atoms with Gasteiger partial charge >= 0.3 is 5.97 Å². The van der Waals surface area contributed by atoms with Gasteiger partial charge in [-0.15, -0.1) is 0 Å². The van der Waals surface area contributed by atoms with E-state index in [0.717, 1.165) is 5.52 Å². The average molecular weight is 219 g/mol. The Morgan fingerprint density at radius 1 is 1.44 bits per heavy atom. The molecule has 3 N–H and O–H groups in total. The van der Waals surface area contributed by atoms with Gasteiger partial charge in [-0.1, -0.05) is 12.1 Å². The van der Waals surface area contributed by atoms with Crippen LogP contribution in [0.2, 0.25) is 0 Å². The van der Waals surface area contributed by atoms with E-state index in [-0.39, 0.29) is 5.95 Å². The van der Waals surface area contributed by atoms with Crippen molar-refractivity contribution in [1.82, 2.24) is 9.55 Å². The Morgan fingerprint density at radius 3 is 2.69 bits per heavy atom. The van der Waals surface area contributed by atoms with E-state index in [1.165, 1.54) is 4.57 Å². The molecule has 0 radical (unpaired) electrons. The van der Waals surface area contributed by atoms with Crippen LogP contribution in [0, 0.1) is 0 Å². The van der Waals surface area contributed by atoms with Crippen molar-refractivity contribution in [2.75, 3.05) is 5.73 Å². The fourth-order valence-electron chi connectivity index (χ4n) is 1.73. The van der Waals surface area contributed by atoms with E-state index in [1.807, 2.05) is 18.2 Å². The lowest BCUT2D eigenvalue weighted by Gasteiger charge is -2.23. The predicted octanol–water partition coefficient (Wildman–Crippen LogP) is 1.44. The van der Waals surface area contributed by atoms with Crippen LogP contribution in [0.4, 0.5) is 5.95 Å². The zero-order valence-electron chi connectivity index (χ0n) is 9.14. The number of benzene rings is 1. The summed E-state index contributed by atoms with van der Waals surface area (Å²) in [5.74, 6) is -0.726. The van der Waals surface area contributed by atoms with Crippen molar-refractivity contribution in [3.8, 4) is 0 Å². The number of carboxylic acid groups (broad SMARTS) is 1. The lowest BCUT2D eigenvalue weighted by Crippen LogP contribution is -2.36. The third kappa shape index (κ3) is 1.32. The highest BCUT2D eigenvalue weighted by atomic mass is 16.4. The maximum Gasteiger partial charge on any atom is 0.329 e. The summed E-state index contributed by atoms with van der Waals surface area (Å²) < 4.78 is 1.53. The Hall–Kier alpha value is -2.04. The number of anilines is 1. The molecule has 0 aliphatic rings. The summed E-state index contributed by atoms with van der Waals surface area (Å²) in [6, 6.07) is 7.29. The number of para-hydroxylation sites is 2. The lowest BCUT2D eigenvalue weighted by atomic mass is 10.1. The molecule has 5 heteroatoms. The average Bonchev–Trinajstić information content (AvgIpc) is 2.53. The zero-order valence-corrected chi connectivity index (χ0v) is 9.14. The molecule has 0 aliphatic carbocycles. The number of hydrogen-bond donors (Lipinski definition) is 2. The third-order valence-corrected chi connectivity index (χ3v) is 2.67. The molecule has 0 atom stereocenters. The summed E-state index contributed by atoms with van der Waals surface area (Å²) >= 11 is 0. The van der Waals surface area contributed by atoms with Crippen LogP contribution in [0.15, 0.2) is 24.3 Å². The van der Waals surface area contributed by atoms with Gasteiger partial charge in [0.05, 0.1) is 11.0 Å². The van der Waals surface area contributed by atoms with Gasteiger partial charge in [-0.3, -0.25) is 4.57 Å². The number of nitrogens with zero attached hydrogens (tertiary/aromatic N) is 2. The predicted molar refractivity (Wildman–Crippen MR) is 61.1 cm³/mol.